The molecule has 0 radical (unpaired) electrons. The molecule has 8 heteroatoms. The summed E-state index contributed by atoms with van der Waals surface area (Å²) in [6.45, 7) is 5.41. The van der Waals surface area contributed by atoms with Gasteiger partial charge in [-0.05, 0) is 64.5 Å². The molecule has 1 aromatic rings. The van der Waals surface area contributed by atoms with Crippen LogP contribution in [0.15, 0.2) is 24.3 Å². The number of carbonyl (C=O) groups is 1. The van der Waals surface area contributed by atoms with Crippen molar-refractivity contribution in [1.29, 1.82) is 0 Å². The Labute approximate surface area is 168 Å². The zero-order valence-electron chi connectivity index (χ0n) is 17.0. The molecular weight excluding hydrogens is 387 g/mol. The van der Waals surface area contributed by atoms with Gasteiger partial charge in [-0.3, -0.25) is 0 Å². The monoisotopic (exact) mass is 415 g/mol. The van der Waals surface area contributed by atoms with Crippen molar-refractivity contribution in [1.82, 2.24) is 4.90 Å². The van der Waals surface area contributed by atoms with E-state index >= 15 is 0 Å². The summed E-state index contributed by atoms with van der Waals surface area (Å²) in [5, 5.41) is 11.3. The number of amides is 1. The summed E-state index contributed by atoms with van der Waals surface area (Å²) in [4.78, 5) is 14.4. The largest absolute Gasteiger partial charge is 0.573 e. The maximum atomic E-state index is 12.7. The topological polar surface area (TPSA) is 59.0 Å². The van der Waals surface area contributed by atoms with E-state index in [4.69, 9.17) is 4.74 Å². The molecule has 29 heavy (non-hydrogen) atoms. The highest BCUT2D eigenvalue weighted by atomic mass is 19.4. The number of hydrogen-bond donors (Lipinski definition) is 1. The fourth-order valence-corrected chi connectivity index (χ4v) is 4.51. The van der Waals surface area contributed by atoms with Gasteiger partial charge in [0.2, 0.25) is 0 Å². The molecule has 3 rings (SSSR count). The van der Waals surface area contributed by atoms with E-state index < -0.39 is 23.7 Å². The van der Waals surface area contributed by atoms with Gasteiger partial charge in [0.15, 0.2) is 0 Å². The smallest absolute Gasteiger partial charge is 0.444 e. The highest BCUT2D eigenvalue weighted by Crippen LogP contribution is 2.42. The molecule has 2 aliphatic heterocycles. The quantitative estimate of drug-likeness (QED) is 0.770. The van der Waals surface area contributed by atoms with Gasteiger partial charge in [-0.25, -0.2) is 4.79 Å². The van der Waals surface area contributed by atoms with E-state index in [2.05, 4.69) is 4.74 Å². The number of para-hydroxylation sites is 1. The summed E-state index contributed by atoms with van der Waals surface area (Å²) in [7, 11) is 0. The number of rotatable bonds is 3. The summed E-state index contributed by atoms with van der Waals surface area (Å²) in [6, 6.07) is 5.49. The number of fused-ring (bicyclic) bond motifs is 2. The lowest BCUT2D eigenvalue weighted by Gasteiger charge is -2.51. The molecule has 2 unspecified atom stereocenters. The molecule has 2 aliphatic rings. The SMILES string of the molecule is CC(C)(C)OC(=O)N1C2CCCC1CC(O)(Cc1ccccc1OC(F)(F)F)C2. The molecule has 2 heterocycles. The lowest BCUT2D eigenvalue weighted by atomic mass is 9.73. The highest BCUT2D eigenvalue weighted by Gasteiger charge is 2.48. The van der Waals surface area contributed by atoms with E-state index in [1.165, 1.54) is 18.2 Å². The number of piperidine rings is 2. The van der Waals surface area contributed by atoms with Crippen LogP contribution in [-0.2, 0) is 11.2 Å². The fourth-order valence-electron chi connectivity index (χ4n) is 4.51. The minimum Gasteiger partial charge on any atom is -0.444 e. The van der Waals surface area contributed by atoms with Crippen LogP contribution in [0.1, 0.15) is 58.4 Å². The summed E-state index contributed by atoms with van der Waals surface area (Å²) in [5.74, 6) is -0.298. The van der Waals surface area contributed by atoms with E-state index in [1.807, 2.05) is 0 Å². The summed E-state index contributed by atoms with van der Waals surface area (Å²) in [5.41, 5.74) is -1.53. The van der Waals surface area contributed by atoms with Crippen molar-refractivity contribution in [2.24, 2.45) is 0 Å². The second-order valence-corrected chi connectivity index (χ2v) is 9.09. The molecule has 0 aliphatic carbocycles. The van der Waals surface area contributed by atoms with Crippen molar-refractivity contribution < 1.29 is 32.5 Å². The number of aliphatic hydroxyl groups is 1. The minimum atomic E-state index is -4.80. The number of nitrogens with zero attached hydrogens (tertiary/aromatic N) is 1. The molecule has 2 bridgehead atoms. The van der Waals surface area contributed by atoms with Crippen LogP contribution in [0.4, 0.5) is 18.0 Å². The Balaban J connectivity index is 1.78. The third kappa shape index (κ3) is 5.56. The summed E-state index contributed by atoms with van der Waals surface area (Å²) < 4.78 is 47.8. The zero-order valence-corrected chi connectivity index (χ0v) is 17.0. The molecule has 5 nitrogen and oxygen atoms in total. The normalized spacial score (nSPS) is 27.5. The van der Waals surface area contributed by atoms with Crippen LogP contribution in [-0.4, -0.2) is 45.7 Å². The molecule has 2 fully saturated rings. The first-order chi connectivity index (χ1) is 13.4. The molecule has 1 aromatic carbocycles. The molecule has 162 valence electrons. The molecule has 0 saturated carbocycles. The van der Waals surface area contributed by atoms with Gasteiger partial charge >= 0.3 is 12.5 Å². The Morgan fingerprint density at radius 1 is 1.17 bits per heavy atom. The highest BCUT2D eigenvalue weighted by molar-refractivity contribution is 5.69. The number of benzene rings is 1. The van der Waals surface area contributed by atoms with Crippen LogP contribution >= 0.6 is 0 Å². The van der Waals surface area contributed by atoms with Crippen LogP contribution in [0.5, 0.6) is 5.75 Å². The number of alkyl halides is 3. The van der Waals surface area contributed by atoms with E-state index in [9.17, 15) is 23.1 Å². The molecule has 0 spiro atoms. The number of ether oxygens (including phenoxy) is 2. The number of hydrogen-bond acceptors (Lipinski definition) is 4. The maximum Gasteiger partial charge on any atom is 0.573 e. The van der Waals surface area contributed by atoms with Gasteiger partial charge < -0.3 is 19.5 Å². The number of carbonyl (C=O) groups excluding carboxylic acids is 1. The van der Waals surface area contributed by atoms with Crippen molar-refractivity contribution in [2.75, 3.05) is 0 Å². The first kappa shape index (κ1) is 21.7. The average molecular weight is 415 g/mol. The van der Waals surface area contributed by atoms with Crippen molar-refractivity contribution in [3.05, 3.63) is 29.8 Å². The van der Waals surface area contributed by atoms with Gasteiger partial charge in [-0.1, -0.05) is 18.2 Å². The second-order valence-electron chi connectivity index (χ2n) is 9.09. The van der Waals surface area contributed by atoms with E-state index in [1.54, 1.807) is 31.7 Å². The molecule has 2 saturated heterocycles. The lowest BCUT2D eigenvalue weighted by molar-refractivity contribution is -0.275. The Morgan fingerprint density at radius 2 is 1.76 bits per heavy atom. The van der Waals surface area contributed by atoms with Crippen LogP contribution in [0.2, 0.25) is 0 Å². The maximum absolute atomic E-state index is 12.7. The zero-order chi connectivity index (χ0) is 21.4. The molecule has 0 aromatic heterocycles. The minimum absolute atomic E-state index is 0.0361. The van der Waals surface area contributed by atoms with Crippen molar-refractivity contribution >= 4 is 6.09 Å². The van der Waals surface area contributed by atoms with E-state index in [0.29, 0.717) is 18.4 Å². The van der Waals surface area contributed by atoms with Gasteiger partial charge in [0.1, 0.15) is 11.4 Å². The Hall–Kier alpha value is -1.96. The van der Waals surface area contributed by atoms with Crippen LogP contribution in [0, 0.1) is 0 Å². The third-order valence-corrected chi connectivity index (χ3v) is 5.41. The summed E-state index contributed by atoms with van der Waals surface area (Å²) in [6.07, 6.45) is -2.15. The van der Waals surface area contributed by atoms with E-state index in [0.717, 1.165) is 19.3 Å². The number of halogens is 3. The first-order valence-electron chi connectivity index (χ1n) is 9.93. The van der Waals surface area contributed by atoms with Crippen LogP contribution in [0.3, 0.4) is 0 Å². The van der Waals surface area contributed by atoms with Crippen molar-refractivity contribution in [3.63, 3.8) is 0 Å². The molecular formula is C21H28F3NO4. The predicted molar refractivity (Wildman–Crippen MR) is 101 cm³/mol. The Morgan fingerprint density at radius 3 is 2.31 bits per heavy atom. The first-order valence-corrected chi connectivity index (χ1v) is 9.93. The summed E-state index contributed by atoms with van der Waals surface area (Å²) >= 11 is 0. The van der Waals surface area contributed by atoms with E-state index in [-0.39, 0.29) is 24.3 Å². The molecule has 2 atom stereocenters. The molecule has 1 amide bonds. The lowest BCUT2D eigenvalue weighted by Crippen LogP contribution is -2.61. The van der Waals surface area contributed by atoms with Crippen molar-refractivity contribution in [3.8, 4) is 5.75 Å². The van der Waals surface area contributed by atoms with Gasteiger partial charge in [-0.15, -0.1) is 13.2 Å². The Kier molecular flexibility index (Phi) is 5.77. The van der Waals surface area contributed by atoms with Gasteiger partial charge in [0, 0.05) is 18.5 Å². The van der Waals surface area contributed by atoms with Gasteiger partial charge in [-0.2, -0.15) is 0 Å². The fraction of sp³-hybridized carbons (Fsp3) is 0.667. The third-order valence-electron chi connectivity index (χ3n) is 5.41. The van der Waals surface area contributed by atoms with Gasteiger partial charge in [0.05, 0.1) is 5.60 Å². The predicted octanol–water partition coefficient (Wildman–Crippen LogP) is 4.81. The second kappa shape index (κ2) is 7.70. The standard InChI is InChI=1S/C21H28F3NO4/c1-19(2,3)29-18(26)25-15-8-6-9-16(25)13-20(27,12-15)11-14-7-4-5-10-17(14)28-21(22,23)24/h4-5,7,10,15-16,27H,6,8-9,11-13H2,1-3H3. The van der Waals surface area contributed by atoms with Gasteiger partial charge in [0.25, 0.3) is 0 Å². The van der Waals surface area contributed by atoms with Crippen molar-refractivity contribution in [2.45, 2.75) is 88.9 Å². The van der Waals surface area contributed by atoms with Crippen LogP contribution < -0.4 is 4.74 Å². The van der Waals surface area contributed by atoms with Crippen LogP contribution in [0.25, 0.3) is 0 Å². The Bertz CT molecular complexity index is 730. The average Bonchev–Trinajstić information content (AvgIpc) is 2.52. The molecule has 1 N–H and O–H groups in total.